The number of esters is 1. The van der Waals surface area contributed by atoms with Crippen LogP contribution in [0.25, 0.3) is 0 Å². The van der Waals surface area contributed by atoms with E-state index in [1.807, 2.05) is 0 Å². The van der Waals surface area contributed by atoms with Crippen LogP contribution < -0.4 is 0 Å². The van der Waals surface area contributed by atoms with Crippen molar-refractivity contribution in [1.82, 2.24) is 0 Å². The number of carbonyl (C=O) groups is 1. The van der Waals surface area contributed by atoms with Gasteiger partial charge in [0, 0.05) is 6.42 Å². The molecular weight excluding hydrogens is 332 g/mol. The average molecular weight is 383 g/mol. The van der Waals surface area contributed by atoms with E-state index in [9.17, 15) is 4.79 Å². The van der Waals surface area contributed by atoms with Crippen molar-refractivity contribution in [3.05, 3.63) is 0 Å². The molecule has 0 saturated carbocycles. The monoisotopic (exact) mass is 382 g/mol. The van der Waals surface area contributed by atoms with Crippen LogP contribution in [0.15, 0.2) is 0 Å². The van der Waals surface area contributed by atoms with Crippen molar-refractivity contribution in [1.29, 1.82) is 0 Å². The third kappa shape index (κ3) is 21.6. The number of rotatable bonds is 21. The molecule has 1 atom stereocenters. The third-order valence-corrected chi connectivity index (χ3v) is 5.53. The Morgan fingerprint density at radius 1 is 0.593 bits per heavy atom. The van der Waals surface area contributed by atoms with Gasteiger partial charge in [-0.1, -0.05) is 117 Å². The first kappa shape index (κ1) is 26.5. The maximum atomic E-state index is 11.9. The van der Waals surface area contributed by atoms with Crippen molar-refractivity contribution in [3.8, 4) is 0 Å². The van der Waals surface area contributed by atoms with Crippen molar-refractivity contribution >= 4 is 5.97 Å². The fourth-order valence-electron chi connectivity index (χ4n) is 3.66. The minimum atomic E-state index is 0.0152. The van der Waals surface area contributed by atoms with Crippen molar-refractivity contribution in [3.63, 3.8) is 0 Å². The van der Waals surface area contributed by atoms with Gasteiger partial charge >= 0.3 is 5.97 Å². The second-order valence-electron chi connectivity index (χ2n) is 8.50. The molecule has 0 spiro atoms. The van der Waals surface area contributed by atoms with Crippen LogP contribution in [0.3, 0.4) is 0 Å². The van der Waals surface area contributed by atoms with Crippen LogP contribution >= 0.6 is 0 Å². The lowest BCUT2D eigenvalue weighted by Crippen LogP contribution is -2.14. The van der Waals surface area contributed by atoms with Gasteiger partial charge in [0.1, 0.15) is 0 Å². The number of hydrogen-bond acceptors (Lipinski definition) is 2. The molecule has 27 heavy (non-hydrogen) atoms. The van der Waals surface area contributed by atoms with E-state index in [0.29, 0.717) is 6.42 Å². The zero-order valence-electron chi connectivity index (χ0n) is 19.0. The topological polar surface area (TPSA) is 26.3 Å². The fraction of sp³-hybridized carbons (Fsp3) is 0.960. The van der Waals surface area contributed by atoms with E-state index in [2.05, 4.69) is 20.8 Å². The lowest BCUT2D eigenvalue weighted by molar-refractivity contribution is -0.148. The molecule has 0 saturated heterocycles. The summed E-state index contributed by atoms with van der Waals surface area (Å²) in [5.74, 6) is 0.0152. The Morgan fingerprint density at radius 3 is 1.41 bits per heavy atom. The third-order valence-electron chi connectivity index (χ3n) is 5.53. The molecule has 0 aliphatic heterocycles. The van der Waals surface area contributed by atoms with Crippen LogP contribution in [0.1, 0.15) is 149 Å². The minimum Gasteiger partial charge on any atom is -0.463 e. The molecule has 0 aliphatic carbocycles. The lowest BCUT2D eigenvalue weighted by atomic mass is 10.1. The summed E-state index contributed by atoms with van der Waals surface area (Å²) in [6, 6.07) is 0. The molecule has 0 amide bonds. The molecule has 0 N–H and O–H groups in total. The summed E-state index contributed by atoms with van der Waals surface area (Å²) >= 11 is 0. The second kappa shape index (κ2) is 21.8. The summed E-state index contributed by atoms with van der Waals surface area (Å²) in [5.41, 5.74) is 0. The Balaban J connectivity index is 3.32. The molecule has 0 aliphatic rings. The van der Waals surface area contributed by atoms with Crippen molar-refractivity contribution in [2.24, 2.45) is 0 Å². The predicted octanol–water partition coefficient (Wildman–Crippen LogP) is 8.76. The molecule has 162 valence electrons. The summed E-state index contributed by atoms with van der Waals surface area (Å²) in [5, 5.41) is 0. The van der Waals surface area contributed by atoms with E-state index in [0.717, 1.165) is 12.8 Å². The summed E-state index contributed by atoms with van der Waals surface area (Å²) in [6.45, 7) is 6.58. The number of hydrogen-bond donors (Lipinski definition) is 0. The van der Waals surface area contributed by atoms with Crippen molar-refractivity contribution in [2.75, 3.05) is 0 Å². The molecule has 0 heterocycles. The smallest absolute Gasteiger partial charge is 0.306 e. The SMILES string of the molecule is CCCCCCCCCCCC(=O)O[C@H](C)CCCCCCCCCCC. The average Bonchev–Trinajstić information content (AvgIpc) is 2.65. The highest BCUT2D eigenvalue weighted by molar-refractivity contribution is 5.69. The highest BCUT2D eigenvalue weighted by Gasteiger charge is 2.09. The second-order valence-corrected chi connectivity index (χ2v) is 8.50. The lowest BCUT2D eigenvalue weighted by Gasteiger charge is -2.13. The summed E-state index contributed by atoms with van der Waals surface area (Å²) in [6.07, 6.45) is 25.4. The van der Waals surface area contributed by atoms with Crippen molar-refractivity contribution < 1.29 is 9.53 Å². The highest BCUT2D eigenvalue weighted by atomic mass is 16.5. The quantitative estimate of drug-likeness (QED) is 0.146. The largest absolute Gasteiger partial charge is 0.463 e. The Hall–Kier alpha value is -0.530. The maximum absolute atomic E-state index is 11.9. The van der Waals surface area contributed by atoms with Crippen LogP contribution in [0, 0.1) is 0 Å². The molecule has 0 unspecified atom stereocenters. The molecule has 0 rings (SSSR count). The van der Waals surface area contributed by atoms with Crippen molar-refractivity contribution in [2.45, 2.75) is 155 Å². The van der Waals surface area contributed by atoms with Gasteiger partial charge in [-0.15, -0.1) is 0 Å². The zero-order chi connectivity index (χ0) is 20.0. The van der Waals surface area contributed by atoms with Crippen LogP contribution in [0.5, 0.6) is 0 Å². The molecular formula is C25H50O2. The van der Waals surface area contributed by atoms with Gasteiger partial charge in [0.2, 0.25) is 0 Å². The van der Waals surface area contributed by atoms with E-state index < -0.39 is 0 Å². The normalized spacial score (nSPS) is 12.3. The zero-order valence-corrected chi connectivity index (χ0v) is 19.0. The Kier molecular flexibility index (Phi) is 21.3. The molecule has 0 aromatic rings. The van der Waals surface area contributed by atoms with Gasteiger partial charge in [0.15, 0.2) is 0 Å². The molecule has 0 aromatic carbocycles. The maximum Gasteiger partial charge on any atom is 0.306 e. The van der Waals surface area contributed by atoms with E-state index in [-0.39, 0.29) is 12.1 Å². The molecule has 0 fully saturated rings. The van der Waals surface area contributed by atoms with Crippen LogP contribution in [-0.4, -0.2) is 12.1 Å². The highest BCUT2D eigenvalue weighted by Crippen LogP contribution is 2.14. The summed E-state index contributed by atoms with van der Waals surface area (Å²) in [7, 11) is 0. The van der Waals surface area contributed by atoms with Gasteiger partial charge in [-0.25, -0.2) is 0 Å². The molecule has 0 bridgehead atoms. The minimum absolute atomic E-state index is 0.0152. The Morgan fingerprint density at radius 2 is 0.963 bits per heavy atom. The van der Waals surface area contributed by atoms with E-state index in [4.69, 9.17) is 4.74 Å². The molecule has 0 aromatic heterocycles. The summed E-state index contributed by atoms with van der Waals surface area (Å²) in [4.78, 5) is 11.9. The van der Waals surface area contributed by atoms with Gasteiger partial charge in [-0.05, 0) is 26.2 Å². The molecule has 2 nitrogen and oxygen atoms in total. The van der Waals surface area contributed by atoms with Gasteiger partial charge in [0.05, 0.1) is 6.10 Å². The first-order chi connectivity index (χ1) is 13.2. The van der Waals surface area contributed by atoms with Gasteiger partial charge < -0.3 is 4.74 Å². The fourth-order valence-corrected chi connectivity index (χ4v) is 3.66. The standard InChI is InChI=1S/C25H50O2/c1-4-6-8-10-12-14-16-18-20-22-24(3)27-25(26)23-21-19-17-15-13-11-9-7-5-2/h24H,4-23H2,1-3H3/t24-/m1/s1. The van der Waals surface area contributed by atoms with Crippen LogP contribution in [0.4, 0.5) is 0 Å². The predicted molar refractivity (Wildman–Crippen MR) is 119 cm³/mol. The number of carbonyl (C=O) groups excluding carboxylic acids is 1. The molecule has 0 radical (unpaired) electrons. The van der Waals surface area contributed by atoms with E-state index in [1.54, 1.807) is 0 Å². The van der Waals surface area contributed by atoms with E-state index >= 15 is 0 Å². The number of ether oxygens (including phenoxy) is 1. The Bertz CT molecular complexity index is 301. The van der Waals surface area contributed by atoms with Crippen LogP contribution in [-0.2, 0) is 9.53 Å². The van der Waals surface area contributed by atoms with Gasteiger partial charge in [0.25, 0.3) is 0 Å². The van der Waals surface area contributed by atoms with Gasteiger partial charge in [-0.2, -0.15) is 0 Å². The number of unbranched alkanes of at least 4 members (excludes halogenated alkanes) is 16. The first-order valence-corrected chi connectivity index (χ1v) is 12.4. The van der Waals surface area contributed by atoms with Gasteiger partial charge in [-0.3, -0.25) is 4.79 Å². The first-order valence-electron chi connectivity index (χ1n) is 12.4. The Labute approximate surface area is 171 Å². The van der Waals surface area contributed by atoms with E-state index in [1.165, 1.54) is 109 Å². The molecule has 2 heteroatoms. The van der Waals surface area contributed by atoms with Crippen LogP contribution in [0.2, 0.25) is 0 Å². The summed E-state index contributed by atoms with van der Waals surface area (Å²) < 4.78 is 5.56.